The van der Waals surface area contributed by atoms with Crippen LogP contribution in [0.1, 0.15) is 51.9 Å². The average Bonchev–Trinajstić information content (AvgIpc) is 2.38. The van der Waals surface area contributed by atoms with Crippen molar-refractivity contribution >= 4 is 0 Å². The zero-order valence-corrected chi connectivity index (χ0v) is 11.2. The SMILES string of the molecule is CCN(CC1(O)CCCCC1)C1CCNCC1. The molecule has 100 valence electrons. The van der Waals surface area contributed by atoms with Crippen molar-refractivity contribution in [1.29, 1.82) is 0 Å². The first-order chi connectivity index (χ1) is 8.23. The number of hydrogen-bond acceptors (Lipinski definition) is 3. The molecule has 0 bridgehead atoms. The molecule has 17 heavy (non-hydrogen) atoms. The maximum absolute atomic E-state index is 10.6. The summed E-state index contributed by atoms with van der Waals surface area (Å²) >= 11 is 0. The lowest BCUT2D eigenvalue weighted by Crippen LogP contribution is -2.50. The second-order valence-corrected chi connectivity index (χ2v) is 5.83. The molecule has 1 heterocycles. The van der Waals surface area contributed by atoms with Crippen molar-refractivity contribution in [3.05, 3.63) is 0 Å². The van der Waals surface area contributed by atoms with Crippen molar-refractivity contribution in [2.24, 2.45) is 0 Å². The zero-order chi connectivity index (χ0) is 12.1. The number of rotatable bonds is 4. The van der Waals surface area contributed by atoms with Crippen LogP contribution in [0.3, 0.4) is 0 Å². The first-order valence-electron chi connectivity index (χ1n) is 7.41. The van der Waals surface area contributed by atoms with Gasteiger partial charge in [0.05, 0.1) is 5.60 Å². The Morgan fingerprint density at radius 3 is 2.41 bits per heavy atom. The van der Waals surface area contributed by atoms with Crippen LogP contribution in [-0.2, 0) is 0 Å². The molecule has 0 unspecified atom stereocenters. The maximum Gasteiger partial charge on any atom is 0.0774 e. The normalized spacial score (nSPS) is 26.3. The van der Waals surface area contributed by atoms with Gasteiger partial charge in [0.2, 0.25) is 0 Å². The summed E-state index contributed by atoms with van der Waals surface area (Å²) in [5.74, 6) is 0. The monoisotopic (exact) mass is 240 g/mol. The van der Waals surface area contributed by atoms with Crippen LogP contribution in [0, 0.1) is 0 Å². The Bertz CT molecular complexity index is 220. The van der Waals surface area contributed by atoms with Gasteiger partial charge in [-0.15, -0.1) is 0 Å². The lowest BCUT2D eigenvalue weighted by atomic mass is 9.84. The number of nitrogens with one attached hydrogen (secondary N) is 1. The van der Waals surface area contributed by atoms with E-state index in [9.17, 15) is 5.11 Å². The molecule has 2 aliphatic rings. The van der Waals surface area contributed by atoms with Gasteiger partial charge in [0, 0.05) is 12.6 Å². The first kappa shape index (κ1) is 13.3. The van der Waals surface area contributed by atoms with E-state index in [2.05, 4.69) is 17.1 Å². The fourth-order valence-electron chi connectivity index (χ4n) is 3.42. The lowest BCUT2D eigenvalue weighted by molar-refractivity contribution is -0.0375. The Hall–Kier alpha value is -0.120. The minimum absolute atomic E-state index is 0.390. The fourth-order valence-corrected chi connectivity index (χ4v) is 3.42. The third-order valence-corrected chi connectivity index (χ3v) is 4.51. The van der Waals surface area contributed by atoms with Crippen molar-refractivity contribution in [3.63, 3.8) is 0 Å². The van der Waals surface area contributed by atoms with Gasteiger partial charge in [-0.2, -0.15) is 0 Å². The second-order valence-electron chi connectivity index (χ2n) is 5.83. The Morgan fingerprint density at radius 1 is 1.18 bits per heavy atom. The van der Waals surface area contributed by atoms with Gasteiger partial charge < -0.3 is 10.4 Å². The van der Waals surface area contributed by atoms with Gasteiger partial charge in [-0.1, -0.05) is 26.2 Å². The Morgan fingerprint density at radius 2 is 1.82 bits per heavy atom. The van der Waals surface area contributed by atoms with Crippen LogP contribution in [0.15, 0.2) is 0 Å². The molecule has 2 rings (SSSR count). The standard InChI is InChI=1S/C14H28N2O/c1-2-16(13-6-10-15-11-7-13)12-14(17)8-4-3-5-9-14/h13,15,17H,2-12H2,1H3. The van der Waals surface area contributed by atoms with E-state index in [0.717, 1.165) is 39.0 Å². The smallest absolute Gasteiger partial charge is 0.0774 e. The van der Waals surface area contributed by atoms with Crippen LogP contribution in [0.25, 0.3) is 0 Å². The van der Waals surface area contributed by atoms with Crippen LogP contribution < -0.4 is 5.32 Å². The van der Waals surface area contributed by atoms with Crippen LogP contribution >= 0.6 is 0 Å². The lowest BCUT2D eigenvalue weighted by Gasteiger charge is -2.41. The van der Waals surface area contributed by atoms with Gasteiger partial charge in [0.1, 0.15) is 0 Å². The van der Waals surface area contributed by atoms with Crippen LogP contribution in [0.2, 0.25) is 0 Å². The minimum atomic E-state index is -0.390. The minimum Gasteiger partial charge on any atom is -0.389 e. The molecular weight excluding hydrogens is 212 g/mol. The summed E-state index contributed by atoms with van der Waals surface area (Å²) in [6.45, 7) is 6.48. The summed E-state index contributed by atoms with van der Waals surface area (Å²) in [4.78, 5) is 2.52. The maximum atomic E-state index is 10.6. The van der Waals surface area contributed by atoms with Crippen LogP contribution in [0.4, 0.5) is 0 Å². The second kappa shape index (κ2) is 6.17. The molecule has 1 saturated heterocycles. The van der Waals surface area contributed by atoms with Gasteiger partial charge in [0.15, 0.2) is 0 Å². The Kier molecular flexibility index (Phi) is 4.83. The van der Waals surface area contributed by atoms with E-state index in [1.165, 1.54) is 32.1 Å². The van der Waals surface area contributed by atoms with E-state index in [0.29, 0.717) is 6.04 Å². The molecular formula is C14H28N2O. The van der Waals surface area contributed by atoms with Crippen molar-refractivity contribution < 1.29 is 5.11 Å². The van der Waals surface area contributed by atoms with Gasteiger partial charge in [-0.25, -0.2) is 0 Å². The van der Waals surface area contributed by atoms with E-state index < -0.39 is 0 Å². The highest BCUT2D eigenvalue weighted by molar-refractivity contribution is 4.88. The molecule has 0 aromatic carbocycles. The number of aliphatic hydroxyl groups is 1. The molecule has 0 aromatic rings. The topological polar surface area (TPSA) is 35.5 Å². The van der Waals surface area contributed by atoms with Gasteiger partial charge in [-0.05, 0) is 45.3 Å². The van der Waals surface area contributed by atoms with E-state index >= 15 is 0 Å². The van der Waals surface area contributed by atoms with E-state index in [-0.39, 0.29) is 5.60 Å². The molecule has 1 aliphatic carbocycles. The first-order valence-corrected chi connectivity index (χ1v) is 7.41. The molecule has 0 aromatic heterocycles. The van der Waals surface area contributed by atoms with E-state index in [1.807, 2.05) is 0 Å². The number of nitrogens with zero attached hydrogens (tertiary/aromatic N) is 1. The highest BCUT2D eigenvalue weighted by Gasteiger charge is 2.33. The molecule has 0 amide bonds. The zero-order valence-electron chi connectivity index (χ0n) is 11.2. The summed E-state index contributed by atoms with van der Waals surface area (Å²) in [6.07, 6.45) is 8.22. The summed E-state index contributed by atoms with van der Waals surface area (Å²) in [5, 5.41) is 14.1. The molecule has 0 spiro atoms. The molecule has 0 radical (unpaired) electrons. The van der Waals surface area contributed by atoms with Gasteiger partial charge >= 0.3 is 0 Å². The molecule has 3 nitrogen and oxygen atoms in total. The van der Waals surface area contributed by atoms with Crippen LogP contribution in [-0.4, -0.2) is 47.8 Å². The predicted molar refractivity (Wildman–Crippen MR) is 71.2 cm³/mol. The molecule has 3 heteroatoms. The van der Waals surface area contributed by atoms with Crippen molar-refractivity contribution in [2.45, 2.75) is 63.5 Å². The van der Waals surface area contributed by atoms with Crippen molar-refractivity contribution in [2.75, 3.05) is 26.2 Å². The Balaban J connectivity index is 1.88. The largest absolute Gasteiger partial charge is 0.389 e. The van der Waals surface area contributed by atoms with E-state index in [1.54, 1.807) is 0 Å². The molecule has 0 atom stereocenters. The van der Waals surface area contributed by atoms with Crippen LogP contribution in [0.5, 0.6) is 0 Å². The molecule has 1 saturated carbocycles. The quantitative estimate of drug-likeness (QED) is 0.786. The predicted octanol–water partition coefficient (Wildman–Crippen LogP) is 1.76. The molecule has 1 aliphatic heterocycles. The highest BCUT2D eigenvalue weighted by Crippen LogP contribution is 2.30. The van der Waals surface area contributed by atoms with Crippen molar-refractivity contribution in [1.82, 2.24) is 10.2 Å². The summed E-state index contributed by atoms with van der Waals surface area (Å²) in [7, 11) is 0. The molecule has 2 fully saturated rings. The summed E-state index contributed by atoms with van der Waals surface area (Å²) in [5.41, 5.74) is -0.390. The van der Waals surface area contributed by atoms with Crippen molar-refractivity contribution in [3.8, 4) is 0 Å². The third-order valence-electron chi connectivity index (χ3n) is 4.51. The highest BCUT2D eigenvalue weighted by atomic mass is 16.3. The van der Waals surface area contributed by atoms with Gasteiger partial charge in [0.25, 0.3) is 0 Å². The van der Waals surface area contributed by atoms with Gasteiger partial charge in [-0.3, -0.25) is 4.90 Å². The van der Waals surface area contributed by atoms with E-state index in [4.69, 9.17) is 0 Å². The third kappa shape index (κ3) is 3.67. The average molecular weight is 240 g/mol. The number of piperidine rings is 1. The summed E-state index contributed by atoms with van der Waals surface area (Å²) < 4.78 is 0. The Labute approximate surface area is 106 Å². The summed E-state index contributed by atoms with van der Waals surface area (Å²) in [6, 6.07) is 0.687. The number of likely N-dealkylation sites (N-methyl/N-ethyl adjacent to an activating group) is 1. The number of hydrogen-bond donors (Lipinski definition) is 2. The fraction of sp³-hybridized carbons (Fsp3) is 1.00. The molecule has 2 N–H and O–H groups in total.